The highest BCUT2D eigenvalue weighted by Crippen LogP contribution is 2.33. The van der Waals surface area contributed by atoms with E-state index in [1.807, 2.05) is 0 Å². The Kier molecular flexibility index (Phi) is 5.56. The summed E-state index contributed by atoms with van der Waals surface area (Å²) in [6, 6.07) is 13.4. The van der Waals surface area contributed by atoms with Crippen LogP contribution >= 0.6 is 23.2 Å². The summed E-state index contributed by atoms with van der Waals surface area (Å²) < 4.78 is 0.631. The van der Waals surface area contributed by atoms with Crippen LogP contribution in [0.5, 0.6) is 0 Å². The molecule has 0 saturated heterocycles. The Bertz CT molecular complexity index is 1270. The van der Waals surface area contributed by atoms with Gasteiger partial charge in [-0.15, -0.1) is 0 Å². The number of halogens is 2. The normalized spacial score (nSPS) is 10.9. The van der Waals surface area contributed by atoms with E-state index >= 15 is 0 Å². The van der Waals surface area contributed by atoms with E-state index < -0.39 is 5.56 Å². The lowest BCUT2D eigenvalue weighted by molar-refractivity contribution is -0.241. The minimum Gasteiger partial charge on any atom is -0.392 e. The average molecular weight is 445 g/mol. The van der Waals surface area contributed by atoms with Crippen LogP contribution in [0.2, 0.25) is 10.0 Å². The van der Waals surface area contributed by atoms with E-state index in [4.69, 9.17) is 28.3 Å². The summed E-state index contributed by atoms with van der Waals surface area (Å²) in [6.45, 7) is -0.0648. The van der Waals surface area contributed by atoms with Crippen LogP contribution in [-0.2, 0) is 6.61 Å². The third-order valence-corrected chi connectivity index (χ3v) is 5.04. The fourth-order valence-electron chi connectivity index (χ4n) is 2.96. The molecule has 30 heavy (non-hydrogen) atoms. The molecule has 10 heteroatoms. The van der Waals surface area contributed by atoms with Crippen LogP contribution < -0.4 is 15.9 Å². The summed E-state index contributed by atoms with van der Waals surface area (Å²) in [5.74, 6) is 0.174. The number of pyridine rings is 1. The van der Waals surface area contributed by atoms with Crippen molar-refractivity contribution in [3.05, 3.63) is 80.7 Å². The van der Waals surface area contributed by atoms with Gasteiger partial charge in [0.15, 0.2) is 5.65 Å². The maximum atomic E-state index is 12.9. The van der Waals surface area contributed by atoms with Crippen LogP contribution in [0, 0.1) is 0 Å². The topological polar surface area (TPSA) is 110 Å². The molecule has 0 amide bonds. The predicted molar refractivity (Wildman–Crippen MR) is 114 cm³/mol. The van der Waals surface area contributed by atoms with Crippen LogP contribution in [0.25, 0.3) is 22.2 Å². The number of aliphatic hydroxyl groups excluding tert-OH is 1. The standard InChI is InChI=1S/C20H14Cl2N4O4/c21-15-2-1-3-16(22)17(15)14-8-12-9-23-20(25-18(12)26(30-29)19(14)28)24-13-6-4-11(10-27)5-7-13/h1-9,27,29H,10H2,(H,23,24,25). The summed E-state index contributed by atoms with van der Waals surface area (Å²) in [6.07, 6.45) is 1.47. The lowest BCUT2D eigenvalue weighted by Gasteiger charge is -2.12. The molecule has 0 atom stereocenters. The monoisotopic (exact) mass is 444 g/mol. The Morgan fingerprint density at radius 1 is 1.10 bits per heavy atom. The Labute approximate surface area is 179 Å². The van der Waals surface area contributed by atoms with Crippen molar-refractivity contribution in [2.24, 2.45) is 0 Å². The molecular formula is C20H14Cl2N4O4. The minimum absolute atomic E-state index is 0.0407. The first-order chi connectivity index (χ1) is 14.5. The van der Waals surface area contributed by atoms with Crippen LogP contribution in [0.1, 0.15) is 5.56 Å². The first-order valence-electron chi connectivity index (χ1n) is 8.67. The van der Waals surface area contributed by atoms with Gasteiger partial charge in [0, 0.05) is 22.8 Å². The summed E-state index contributed by atoms with van der Waals surface area (Å²) in [5, 5.41) is 22.4. The lowest BCUT2D eigenvalue weighted by Crippen LogP contribution is -2.27. The molecule has 8 nitrogen and oxygen atoms in total. The SMILES string of the molecule is O=c1c(-c2c(Cl)cccc2Cl)cc2cnc(Nc3ccc(CO)cc3)nc2n1OO. The Morgan fingerprint density at radius 3 is 2.43 bits per heavy atom. The van der Waals surface area contributed by atoms with Crippen molar-refractivity contribution in [2.45, 2.75) is 6.61 Å². The van der Waals surface area contributed by atoms with E-state index in [1.54, 1.807) is 42.5 Å². The van der Waals surface area contributed by atoms with Crippen molar-refractivity contribution in [1.82, 2.24) is 14.7 Å². The second kappa shape index (κ2) is 8.29. The van der Waals surface area contributed by atoms with Crippen molar-refractivity contribution in [3.63, 3.8) is 0 Å². The molecule has 0 aliphatic rings. The molecule has 2 heterocycles. The largest absolute Gasteiger partial charge is 0.392 e. The number of nitrogens with one attached hydrogen (secondary N) is 1. The van der Waals surface area contributed by atoms with Crippen LogP contribution in [0.3, 0.4) is 0 Å². The summed E-state index contributed by atoms with van der Waals surface area (Å²) in [4.78, 5) is 25.7. The van der Waals surface area contributed by atoms with E-state index in [2.05, 4.69) is 20.3 Å². The molecule has 3 N–H and O–H groups in total. The van der Waals surface area contributed by atoms with Gasteiger partial charge in [0.25, 0.3) is 5.56 Å². The van der Waals surface area contributed by atoms with E-state index in [0.29, 0.717) is 21.4 Å². The van der Waals surface area contributed by atoms with Gasteiger partial charge in [-0.1, -0.05) is 46.1 Å². The van der Waals surface area contributed by atoms with Gasteiger partial charge in [0.2, 0.25) is 5.95 Å². The van der Waals surface area contributed by atoms with Gasteiger partial charge >= 0.3 is 0 Å². The lowest BCUT2D eigenvalue weighted by atomic mass is 10.1. The molecule has 0 spiro atoms. The van der Waals surface area contributed by atoms with Gasteiger partial charge in [-0.2, -0.15) is 10.2 Å². The molecule has 4 rings (SSSR count). The number of hydrogen-bond donors (Lipinski definition) is 3. The summed E-state index contributed by atoms with van der Waals surface area (Å²) in [7, 11) is 0. The van der Waals surface area contributed by atoms with E-state index in [-0.39, 0.29) is 33.8 Å². The second-order valence-corrected chi connectivity index (χ2v) is 7.10. The summed E-state index contributed by atoms with van der Waals surface area (Å²) >= 11 is 12.5. The first-order valence-corrected chi connectivity index (χ1v) is 9.43. The summed E-state index contributed by atoms with van der Waals surface area (Å²) in [5.41, 5.74) is 1.20. The third kappa shape index (κ3) is 3.69. The van der Waals surface area contributed by atoms with Gasteiger partial charge in [-0.05, 0) is 35.9 Å². The molecule has 2 aromatic carbocycles. The zero-order chi connectivity index (χ0) is 21.3. The highest BCUT2D eigenvalue weighted by atomic mass is 35.5. The Balaban J connectivity index is 1.82. The van der Waals surface area contributed by atoms with Crippen molar-refractivity contribution >= 4 is 45.9 Å². The number of aliphatic hydroxyl groups is 1. The highest BCUT2D eigenvalue weighted by molar-refractivity contribution is 6.39. The maximum Gasteiger partial charge on any atom is 0.296 e. The molecule has 0 bridgehead atoms. The molecule has 152 valence electrons. The molecule has 0 unspecified atom stereocenters. The Morgan fingerprint density at radius 2 is 1.80 bits per heavy atom. The van der Waals surface area contributed by atoms with E-state index in [9.17, 15) is 10.1 Å². The van der Waals surface area contributed by atoms with Crippen LogP contribution in [-0.4, -0.2) is 25.1 Å². The number of rotatable bonds is 5. The van der Waals surface area contributed by atoms with Gasteiger partial charge in [-0.25, -0.2) is 9.97 Å². The number of nitrogens with zero attached hydrogens (tertiary/aromatic N) is 3. The van der Waals surface area contributed by atoms with E-state index in [1.165, 1.54) is 12.3 Å². The zero-order valence-corrected chi connectivity index (χ0v) is 16.7. The fourth-order valence-corrected chi connectivity index (χ4v) is 3.56. The second-order valence-electron chi connectivity index (χ2n) is 6.29. The quantitative estimate of drug-likeness (QED) is 0.316. The zero-order valence-electron chi connectivity index (χ0n) is 15.2. The fraction of sp³-hybridized carbons (Fsp3) is 0.0500. The number of fused-ring (bicyclic) bond motifs is 1. The van der Waals surface area contributed by atoms with Crippen molar-refractivity contribution in [2.75, 3.05) is 5.32 Å². The number of benzene rings is 2. The van der Waals surface area contributed by atoms with Crippen molar-refractivity contribution in [1.29, 1.82) is 0 Å². The molecule has 0 radical (unpaired) electrons. The maximum absolute atomic E-state index is 12.9. The average Bonchev–Trinajstić information content (AvgIpc) is 2.75. The van der Waals surface area contributed by atoms with Gasteiger partial charge < -0.3 is 10.4 Å². The third-order valence-electron chi connectivity index (χ3n) is 4.41. The highest BCUT2D eigenvalue weighted by Gasteiger charge is 2.18. The van der Waals surface area contributed by atoms with Crippen LogP contribution in [0.15, 0.2) is 59.5 Å². The molecule has 0 saturated carbocycles. The van der Waals surface area contributed by atoms with E-state index in [0.717, 1.165) is 5.56 Å². The number of aromatic nitrogens is 3. The predicted octanol–water partition coefficient (Wildman–Crippen LogP) is 3.90. The number of hydrogen-bond acceptors (Lipinski definition) is 7. The number of anilines is 2. The molecular weight excluding hydrogens is 431 g/mol. The smallest absolute Gasteiger partial charge is 0.296 e. The Hall–Kier alpha value is -3.17. The van der Waals surface area contributed by atoms with Gasteiger partial charge in [-0.3, -0.25) is 4.79 Å². The van der Waals surface area contributed by atoms with Crippen molar-refractivity contribution in [3.8, 4) is 11.1 Å². The van der Waals surface area contributed by atoms with Crippen molar-refractivity contribution < 1.29 is 15.4 Å². The molecule has 4 aromatic rings. The molecule has 0 fully saturated rings. The first kappa shape index (κ1) is 20.1. The molecule has 0 aliphatic heterocycles. The minimum atomic E-state index is -0.697. The van der Waals surface area contributed by atoms with Gasteiger partial charge in [0.1, 0.15) is 0 Å². The van der Waals surface area contributed by atoms with Gasteiger partial charge in [0.05, 0.1) is 22.2 Å². The van der Waals surface area contributed by atoms with Crippen LogP contribution in [0.4, 0.5) is 11.6 Å². The molecule has 0 aliphatic carbocycles. The molecule has 2 aromatic heterocycles.